The van der Waals surface area contributed by atoms with E-state index < -0.39 is 0 Å². The average Bonchev–Trinajstić information content (AvgIpc) is 2.72. The van der Waals surface area contributed by atoms with Gasteiger partial charge in [0.25, 0.3) is 0 Å². The first-order valence-corrected chi connectivity index (χ1v) is 5.55. The summed E-state index contributed by atoms with van der Waals surface area (Å²) >= 11 is 5.72. The zero-order chi connectivity index (χ0) is 11.8. The van der Waals surface area contributed by atoms with Gasteiger partial charge in [-0.25, -0.2) is 9.97 Å². The highest BCUT2D eigenvalue weighted by Gasteiger charge is 2.07. The third kappa shape index (κ3) is 1.87. The van der Waals surface area contributed by atoms with Crippen LogP contribution in [0.4, 0.5) is 0 Å². The molecule has 0 aliphatic heterocycles. The van der Waals surface area contributed by atoms with Gasteiger partial charge in [-0.15, -0.1) is 0 Å². The molecule has 0 amide bonds. The third-order valence-electron chi connectivity index (χ3n) is 2.50. The molecule has 0 spiro atoms. The van der Waals surface area contributed by atoms with Crippen LogP contribution in [-0.2, 0) is 0 Å². The van der Waals surface area contributed by atoms with Gasteiger partial charge in [-0.1, -0.05) is 23.8 Å². The fraction of sp³-hybridized carbons (Fsp3) is 0.0833. The van der Waals surface area contributed by atoms with Gasteiger partial charge in [-0.2, -0.15) is 4.98 Å². The maximum atomic E-state index is 5.72. The summed E-state index contributed by atoms with van der Waals surface area (Å²) in [5.41, 5.74) is 3.58. The van der Waals surface area contributed by atoms with E-state index in [1.54, 1.807) is 6.20 Å². The Kier molecular flexibility index (Phi) is 2.30. The Labute approximate surface area is 103 Å². The molecule has 3 rings (SSSR count). The Morgan fingerprint density at radius 3 is 2.94 bits per heavy atom. The normalized spacial score (nSPS) is 10.9. The van der Waals surface area contributed by atoms with E-state index in [9.17, 15) is 0 Å². The van der Waals surface area contributed by atoms with Gasteiger partial charge in [-0.05, 0) is 24.6 Å². The molecule has 0 saturated heterocycles. The molecule has 5 heteroatoms. The molecule has 3 aromatic rings. The summed E-state index contributed by atoms with van der Waals surface area (Å²) < 4.78 is 0. The lowest BCUT2D eigenvalue weighted by atomic mass is 10.1. The number of H-pyrrole nitrogens is 1. The Balaban J connectivity index is 2.18. The van der Waals surface area contributed by atoms with Crippen LogP contribution in [-0.4, -0.2) is 19.9 Å². The molecule has 0 radical (unpaired) electrons. The first-order valence-electron chi connectivity index (χ1n) is 5.18. The Bertz CT molecular complexity index is 690. The van der Waals surface area contributed by atoms with E-state index >= 15 is 0 Å². The highest BCUT2D eigenvalue weighted by molar-refractivity contribution is 6.28. The number of imidazole rings is 1. The zero-order valence-electron chi connectivity index (χ0n) is 9.11. The predicted octanol–water partition coefficient (Wildman–Crippen LogP) is 2.98. The topological polar surface area (TPSA) is 54.5 Å². The number of benzene rings is 1. The third-order valence-corrected chi connectivity index (χ3v) is 2.68. The van der Waals surface area contributed by atoms with Crippen LogP contribution >= 0.6 is 11.6 Å². The van der Waals surface area contributed by atoms with Crippen molar-refractivity contribution < 1.29 is 0 Å². The number of halogens is 1. The highest BCUT2D eigenvalue weighted by atomic mass is 35.5. The molecule has 0 fully saturated rings. The molecule has 2 heterocycles. The second kappa shape index (κ2) is 3.82. The molecule has 2 aromatic heterocycles. The van der Waals surface area contributed by atoms with Crippen molar-refractivity contribution in [2.45, 2.75) is 6.92 Å². The van der Waals surface area contributed by atoms with E-state index in [2.05, 4.69) is 26.0 Å². The molecule has 84 valence electrons. The van der Waals surface area contributed by atoms with Gasteiger partial charge in [0.1, 0.15) is 11.3 Å². The largest absolute Gasteiger partial charge is 0.335 e. The van der Waals surface area contributed by atoms with Crippen molar-refractivity contribution in [3.8, 4) is 11.4 Å². The van der Waals surface area contributed by atoms with E-state index in [1.165, 1.54) is 5.56 Å². The fourth-order valence-corrected chi connectivity index (χ4v) is 1.84. The van der Waals surface area contributed by atoms with Crippen molar-refractivity contribution >= 4 is 22.8 Å². The van der Waals surface area contributed by atoms with Crippen LogP contribution in [0.1, 0.15) is 5.56 Å². The molecule has 0 aliphatic carbocycles. The number of nitrogens with zero attached hydrogens (tertiary/aromatic N) is 3. The van der Waals surface area contributed by atoms with E-state index in [0.29, 0.717) is 5.65 Å². The number of hydrogen-bond acceptors (Lipinski definition) is 3. The molecule has 0 unspecified atom stereocenters. The number of hydrogen-bond donors (Lipinski definition) is 1. The molecule has 1 aromatic carbocycles. The summed E-state index contributed by atoms with van der Waals surface area (Å²) in [5, 5.41) is 0.208. The summed E-state index contributed by atoms with van der Waals surface area (Å²) in [7, 11) is 0. The standard InChI is InChI=1S/C12H9ClN4/c1-7-3-2-4-8(5-7)10-15-9-6-14-12(13)17-11(9)16-10/h2-6H,1H3,(H,14,15,16,17). The summed E-state index contributed by atoms with van der Waals surface area (Å²) in [6, 6.07) is 8.10. The average molecular weight is 245 g/mol. The zero-order valence-corrected chi connectivity index (χ0v) is 9.86. The van der Waals surface area contributed by atoms with Gasteiger partial charge in [0.05, 0.1) is 6.20 Å². The summed E-state index contributed by atoms with van der Waals surface area (Å²) in [6.45, 7) is 2.04. The fourth-order valence-electron chi connectivity index (χ4n) is 1.72. The van der Waals surface area contributed by atoms with Gasteiger partial charge in [0.15, 0.2) is 5.65 Å². The van der Waals surface area contributed by atoms with Crippen LogP contribution in [0.25, 0.3) is 22.6 Å². The first kappa shape index (κ1) is 10.2. The monoisotopic (exact) mass is 244 g/mol. The minimum atomic E-state index is 0.208. The van der Waals surface area contributed by atoms with Crippen LogP contribution < -0.4 is 0 Å². The van der Waals surface area contributed by atoms with Crippen LogP contribution in [0.15, 0.2) is 30.5 Å². The Morgan fingerprint density at radius 1 is 1.24 bits per heavy atom. The number of fused-ring (bicyclic) bond motifs is 1. The van der Waals surface area contributed by atoms with E-state index in [0.717, 1.165) is 16.9 Å². The van der Waals surface area contributed by atoms with E-state index in [4.69, 9.17) is 11.6 Å². The van der Waals surface area contributed by atoms with Gasteiger partial charge >= 0.3 is 0 Å². The lowest BCUT2D eigenvalue weighted by Crippen LogP contribution is -1.81. The molecule has 0 saturated carbocycles. The highest BCUT2D eigenvalue weighted by Crippen LogP contribution is 2.20. The lowest BCUT2D eigenvalue weighted by molar-refractivity contribution is 1.20. The molecular weight excluding hydrogens is 236 g/mol. The van der Waals surface area contributed by atoms with Crippen LogP contribution in [0.3, 0.4) is 0 Å². The number of aromatic amines is 1. The summed E-state index contributed by atoms with van der Waals surface area (Å²) in [4.78, 5) is 15.5. The maximum absolute atomic E-state index is 5.72. The molecule has 4 nitrogen and oxygen atoms in total. The Morgan fingerprint density at radius 2 is 2.12 bits per heavy atom. The molecular formula is C12H9ClN4. The second-order valence-corrected chi connectivity index (χ2v) is 4.17. The van der Waals surface area contributed by atoms with Crippen LogP contribution in [0.2, 0.25) is 5.28 Å². The van der Waals surface area contributed by atoms with E-state index in [-0.39, 0.29) is 5.28 Å². The number of nitrogens with one attached hydrogen (secondary N) is 1. The van der Waals surface area contributed by atoms with Crippen molar-refractivity contribution in [3.63, 3.8) is 0 Å². The minimum absolute atomic E-state index is 0.208. The van der Waals surface area contributed by atoms with Crippen molar-refractivity contribution in [1.82, 2.24) is 19.9 Å². The molecule has 0 bridgehead atoms. The van der Waals surface area contributed by atoms with Crippen molar-refractivity contribution in [1.29, 1.82) is 0 Å². The number of aryl methyl sites for hydroxylation is 1. The lowest BCUT2D eigenvalue weighted by Gasteiger charge is -1.97. The predicted molar refractivity (Wildman–Crippen MR) is 66.9 cm³/mol. The molecule has 1 N–H and O–H groups in total. The quantitative estimate of drug-likeness (QED) is 0.670. The molecule has 17 heavy (non-hydrogen) atoms. The molecule has 0 aliphatic rings. The molecule has 0 atom stereocenters. The van der Waals surface area contributed by atoms with Crippen LogP contribution in [0, 0.1) is 6.92 Å². The van der Waals surface area contributed by atoms with Crippen molar-refractivity contribution in [2.24, 2.45) is 0 Å². The van der Waals surface area contributed by atoms with Crippen molar-refractivity contribution in [2.75, 3.05) is 0 Å². The summed E-state index contributed by atoms with van der Waals surface area (Å²) in [5.74, 6) is 0.778. The van der Waals surface area contributed by atoms with Gasteiger partial charge < -0.3 is 4.98 Å². The number of aromatic nitrogens is 4. The smallest absolute Gasteiger partial charge is 0.224 e. The summed E-state index contributed by atoms with van der Waals surface area (Å²) in [6.07, 6.45) is 1.64. The Hall–Kier alpha value is -1.94. The van der Waals surface area contributed by atoms with Crippen LogP contribution in [0.5, 0.6) is 0 Å². The van der Waals surface area contributed by atoms with Crippen molar-refractivity contribution in [3.05, 3.63) is 41.3 Å². The minimum Gasteiger partial charge on any atom is -0.335 e. The van der Waals surface area contributed by atoms with Gasteiger partial charge in [-0.3, -0.25) is 0 Å². The van der Waals surface area contributed by atoms with E-state index in [1.807, 2.05) is 25.1 Å². The second-order valence-electron chi connectivity index (χ2n) is 3.83. The van der Waals surface area contributed by atoms with Gasteiger partial charge in [0.2, 0.25) is 5.28 Å². The SMILES string of the molecule is Cc1cccc(-c2nc3nc(Cl)ncc3[nH]2)c1. The maximum Gasteiger partial charge on any atom is 0.224 e. The van der Waals surface area contributed by atoms with Gasteiger partial charge in [0, 0.05) is 5.56 Å². The first-order chi connectivity index (χ1) is 8.22. The number of rotatable bonds is 1.